The van der Waals surface area contributed by atoms with Crippen LogP contribution in [0.25, 0.3) is 5.65 Å². The first-order chi connectivity index (χ1) is 9.52. The van der Waals surface area contributed by atoms with Crippen LogP contribution in [0.3, 0.4) is 0 Å². The number of anilines is 1. The van der Waals surface area contributed by atoms with Crippen molar-refractivity contribution in [2.24, 2.45) is 5.41 Å². The quantitative estimate of drug-likeness (QED) is 0.931. The molecule has 20 heavy (non-hydrogen) atoms. The molecule has 0 amide bonds. The summed E-state index contributed by atoms with van der Waals surface area (Å²) in [6.45, 7) is 9.33. The summed E-state index contributed by atoms with van der Waals surface area (Å²) in [6, 6.07) is 4.39. The van der Waals surface area contributed by atoms with Gasteiger partial charge < -0.3 is 10.1 Å². The maximum Gasteiger partial charge on any atom is 0.243 e. The highest BCUT2D eigenvalue weighted by Crippen LogP contribution is 2.44. The lowest BCUT2D eigenvalue weighted by Gasteiger charge is -2.51. The number of rotatable bonds is 4. The van der Waals surface area contributed by atoms with Crippen LogP contribution in [0.15, 0.2) is 18.3 Å². The number of fused-ring (bicyclic) bond motifs is 1. The van der Waals surface area contributed by atoms with Crippen molar-refractivity contribution in [3.63, 3.8) is 0 Å². The molecule has 2 aromatic rings. The van der Waals surface area contributed by atoms with Gasteiger partial charge in [0.2, 0.25) is 5.95 Å². The number of nitrogens with zero attached hydrogens (tertiary/aromatic N) is 3. The van der Waals surface area contributed by atoms with Crippen LogP contribution < -0.4 is 5.32 Å². The normalized spacial score (nSPS) is 24.6. The summed E-state index contributed by atoms with van der Waals surface area (Å²) < 4.78 is 7.58. The summed E-state index contributed by atoms with van der Waals surface area (Å²) in [5.41, 5.74) is 2.16. The molecule has 0 radical (unpaired) electrons. The van der Waals surface area contributed by atoms with Gasteiger partial charge in [-0.05, 0) is 31.9 Å². The Hall–Kier alpha value is -1.62. The molecule has 2 atom stereocenters. The van der Waals surface area contributed by atoms with Crippen molar-refractivity contribution in [2.45, 2.75) is 46.3 Å². The van der Waals surface area contributed by atoms with E-state index in [1.54, 1.807) is 0 Å². The number of hydrogen-bond acceptors (Lipinski definition) is 4. The Morgan fingerprint density at radius 2 is 2.30 bits per heavy atom. The van der Waals surface area contributed by atoms with Crippen molar-refractivity contribution in [1.82, 2.24) is 14.6 Å². The highest BCUT2D eigenvalue weighted by molar-refractivity contribution is 5.50. The molecular weight excluding hydrogens is 252 g/mol. The lowest BCUT2D eigenvalue weighted by molar-refractivity contribution is -0.0977. The summed E-state index contributed by atoms with van der Waals surface area (Å²) in [5.74, 6) is 0.701. The van der Waals surface area contributed by atoms with E-state index in [0.29, 0.717) is 18.1 Å². The molecule has 2 aromatic heterocycles. The van der Waals surface area contributed by atoms with Gasteiger partial charge in [-0.3, -0.25) is 0 Å². The number of aryl methyl sites for hydroxylation is 1. The second-order valence-electron chi connectivity index (χ2n) is 6.09. The fraction of sp³-hybridized carbons (Fsp3) is 0.600. The van der Waals surface area contributed by atoms with Gasteiger partial charge in [0.1, 0.15) is 0 Å². The zero-order valence-electron chi connectivity index (χ0n) is 12.6. The molecule has 5 nitrogen and oxygen atoms in total. The molecule has 0 bridgehead atoms. The Morgan fingerprint density at radius 3 is 2.95 bits per heavy atom. The smallest absolute Gasteiger partial charge is 0.243 e. The van der Waals surface area contributed by atoms with Crippen molar-refractivity contribution in [3.8, 4) is 0 Å². The predicted molar refractivity (Wildman–Crippen MR) is 78.9 cm³/mol. The third kappa shape index (κ3) is 2.06. The monoisotopic (exact) mass is 274 g/mol. The average Bonchev–Trinajstić information content (AvgIpc) is 2.82. The highest BCUT2D eigenvalue weighted by Gasteiger charge is 2.49. The third-order valence-electron chi connectivity index (χ3n) is 4.41. The Balaban J connectivity index is 1.76. The van der Waals surface area contributed by atoms with Gasteiger partial charge in [0.25, 0.3) is 0 Å². The van der Waals surface area contributed by atoms with Crippen molar-refractivity contribution in [2.75, 3.05) is 11.9 Å². The van der Waals surface area contributed by atoms with E-state index in [1.165, 1.54) is 0 Å². The van der Waals surface area contributed by atoms with Gasteiger partial charge >= 0.3 is 0 Å². The van der Waals surface area contributed by atoms with Crippen LogP contribution in [0.1, 0.15) is 32.8 Å². The lowest BCUT2D eigenvalue weighted by atomic mass is 9.64. The fourth-order valence-corrected chi connectivity index (χ4v) is 2.87. The van der Waals surface area contributed by atoms with Crippen LogP contribution >= 0.6 is 0 Å². The first-order valence-corrected chi connectivity index (χ1v) is 7.22. The Kier molecular flexibility index (Phi) is 3.17. The topological polar surface area (TPSA) is 51.5 Å². The molecule has 1 fully saturated rings. The molecule has 1 saturated carbocycles. The zero-order valence-corrected chi connectivity index (χ0v) is 12.6. The molecule has 1 aliphatic rings. The Labute approximate surface area is 119 Å². The molecule has 108 valence electrons. The van der Waals surface area contributed by atoms with Gasteiger partial charge in [-0.15, -0.1) is 5.10 Å². The largest absolute Gasteiger partial charge is 0.378 e. The second-order valence-corrected chi connectivity index (χ2v) is 6.09. The average molecular weight is 274 g/mol. The van der Waals surface area contributed by atoms with Gasteiger partial charge in [-0.25, -0.2) is 4.52 Å². The number of hydrogen-bond donors (Lipinski definition) is 1. The van der Waals surface area contributed by atoms with E-state index in [1.807, 2.05) is 36.7 Å². The predicted octanol–water partition coefficient (Wildman–Crippen LogP) is 2.65. The van der Waals surface area contributed by atoms with E-state index >= 15 is 0 Å². The molecule has 2 unspecified atom stereocenters. The maximum atomic E-state index is 5.75. The molecule has 0 spiro atoms. The number of nitrogens with one attached hydrogen (secondary N) is 1. The summed E-state index contributed by atoms with van der Waals surface area (Å²) >= 11 is 0. The van der Waals surface area contributed by atoms with E-state index in [9.17, 15) is 0 Å². The minimum Gasteiger partial charge on any atom is -0.378 e. The van der Waals surface area contributed by atoms with Crippen LogP contribution in [-0.2, 0) is 4.74 Å². The minimum atomic E-state index is 0.114. The molecule has 0 saturated heterocycles. The summed E-state index contributed by atoms with van der Waals surface area (Å²) in [5, 5.41) is 7.94. The van der Waals surface area contributed by atoms with Gasteiger partial charge in [0.05, 0.1) is 6.10 Å². The van der Waals surface area contributed by atoms with E-state index in [0.717, 1.165) is 24.2 Å². The van der Waals surface area contributed by atoms with E-state index < -0.39 is 0 Å². The summed E-state index contributed by atoms with van der Waals surface area (Å²) in [4.78, 5) is 4.57. The first-order valence-electron chi connectivity index (χ1n) is 7.22. The van der Waals surface area contributed by atoms with Crippen molar-refractivity contribution in [3.05, 3.63) is 23.9 Å². The molecule has 1 N–H and O–H groups in total. The number of aromatic nitrogens is 3. The molecular formula is C15H22N4O. The standard InChI is InChI=1S/C15H22N4O/c1-5-20-12-9-11(15(12,3)4)16-14-17-13-10(2)7-6-8-19(13)18-14/h6-8,11-12H,5,9H2,1-4H3,(H,16,18). The van der Waals surface area contributed by atoms with Crippen molar-refractivity contribution < 1.29 is 4.74 Å². The third-order valence-corrected chi connectivity index (χ3v) is 4.41. The van der Waals surface area contributed by atoms with E-state index in [2.05, 4.69) is 29.2 Å². The number of pyridine rings is 1. The van der Waals surface area contributed by atoms with Crippen LogP contribution in [0.5, 0.6) is 0 Å². The molecule has 0 aromatic carbocycles. The van der Waals surface area contributed by atoms with Crippen LogP contribution in [0, 0.1) is 12.3 Å². The van der Waals surface area contributed by atoms with Crippen molar-refractivity contribution in [1.29, 1.82) is 0 Å². The highest BCUT2D eigenvalue weighted by atomic mass is 16.5. The van der Waals surface area contributed by atoms with E-state index in [4.69, 9.17) is 4.74 Å². The van der Waals surface area contributed by atoms with Gasteiger partial charge in [-0.1, -0.05) is 19.9 Å². The summed E-state index contributed by atoms with van der Waals surface area (Å²) in [6.07, 6.45) is 3.26. The van der Waals surface area contributed by atoms with Crippen molar-refractivity contribution >= 4 is 11.6 Å². The Bertz CT molecular complexity index is 619. The maximum absolute atomic E-state index is 5.75. The zero-order chi connectivity index (χ0) is 14.3. The lowest BCUT2D eigenvalue weighted by Crippen LogP contribution is -2.58. The molecule has 5 heteroatoms. The second kappa shape index (κ2) is 4.74. The van der Waals surface area contributed by atoms with E-state index in [-0.39, 0.29) is 5.41 Å². The Morgan fingerprint density at radius 1 is 1.50 bits per heavy atom. The van der Waals surface area contributed by atoms with Gasteiger partial charge in [0.15, 0.2) is 5.65 Å². The molecule has 1 aliphatic carbocycles. The number of ether oxygens (including phenoxy) is 1. The van der Waals surface area contributed by atoms with Gasteiger partial charge in [0, 0.05) is 24.3 Å². The SMILES string of the molecule is CCOC1CC(Nc2nc3c(C)cccn3n2)C1(C)C. The van der Waals surface area contributed by atoms with Crippen LogP contribution in [-0.4, -0.2) is 33.4 Å². The molecule has 2 heterocycles. The molecule has 0 aliphatic heterocycles. The minimum absolute atomic E-state index is 0.114. The fourth-order valence-electron chi connectivity index (χ4n) is 2.87. The summed E-state index contributed by atoms with van der Waals surface area (Å²) in [7, 11) is 0. The first kappa shape index (κ1) is 13.4. The molecule has 3 rings (SSSR count). The van der Waals surface area contributed by atoms with Crippen LogP contribution in [0.4, 0.5) is 5.95 Å². The van der Waals surface area contributed by atoms with Gasteiger partial charge in [-0.2, -0.15) is 4.98 Å². The van der Waals surface area contributed by atoms with Crippen LogP contribution in [0.2, 0.25) is 0 Å².